The van der Waals surface area contributed by atoms with Gasteiger partial charge < -0.3 is 14.5 Å². The van der Waals surface area contributed by atoms with Crippen molar-refractivity contribution in [1.82, 2.24) is 10.3 Å². The molecule has 2 amide bonds. The number of hydrogen-bond acceptors (Lipinski definition) is 5. The maximum atomic E-state index is 13.4. The lowest BCUT2D eigenvalue weighted by molar-refractivity contribution is -0.123. The largest absolute Gasteiger partial charge is 0.459 e. The molecule has 0 aliphatic carbocycles. The van der Waals surface area contributed by atoms with Crippen molar-refractivity contribution in [2.45, 2.75) is 39.0 Å². The van der Waals surface area contributed by atoms with Crippen LogP contribution in [0.3, 0.4) is 0 Å². The summed E-state index contributed by atoms with van der Waals surface area (Å²) in [7, 11) is 0. The van der Waals surface area contributed by atoms with Gasteiger partial charge in [-0.15, -0.1) is 0 Å². The van der Waals surface area contributed by atoms with E-state index in [1.165, 1.54) is 47.7 Å². The molecule has 1 aromatic carbocycles. The molecule has 1 N–H and O–H groups in total. The van der Waals surface area contributed by atoms with Crippen molar-refractivity contribution in [2.24, 2.45) is 0 Å². The van der Waals surface area contributed by atoms with E-state index in [1.54, 1.807) is 24.4 Å². The molecule has 32 heavy (non-hydrogen) atoms. The summed E-state index contributed by atoms with van der Waals surface area (Å²) in [5, 5.41) is 2.89. The Morgan fingerprint density at radius 3 is 2.34 bits per heavy atom. The van der Waals surface area contributed by atoms with Crippen LogP contribution in [0.1, 0.15) is 42.9 Å². The summed E-state index contributed by atoms with van der Waals surface area (Å²) in [6, 6.07) is 10.7. The van der Waals surface area contributed by atoms with Crippen LogP contribution in [0.5, 0.6) is 5.75 Å². The summed E-state index contributed by atoms with van der Waals surface area (Å²) >= 11 is 0. The third-order valence-electron chi connectivity index (χ3n) is 4.30. The Kier molecular flexibility index (Phi) is 6.87. The third-order valence-corrected chi connectivity index (χ3v) is 4.30. The highest BCUT2D eigenvalue weighted by atomic mass is 19.3. The van der Waals surface area contributed by atoms with Crippen molar-refractivity contribution in [3.63, 3.8) is 0 Å². The van der Waals surface area contributed by atoms with Gasteiger partial charge in [0.2, 0.25) is 5.91 Å². The molecular weight excluding hydrogens is 420 g/mol. The lowest BCUT2D eigenvalue weighted by Crippen LogP contribution is -2.49. The summed E-state index contributed by atoms with van der Waals surface area (Å²) < 4.78 is 34.8. The van der Waals surface area contributed by atoms with E-state index >= 15 is 0 Å². The van der Waals surface area contributed by atoms with E-state index in [1.807, 2.05) is 20.8 Å². The van der Waals surface area contributed by atoms with Crippen LogP contribution in [-0.4, -0.2) is 28.9 Å². The number of pyridine rings is 1. The van der Waals surface area contributed by atoms with E-state index in [0.29, 0.717) is 5.56 Å². The van der Waals surface area contributed by atoms with Crippen LogP contribution in [0.4, 0.5) is 14.5 Å². The Morgan fingerprint density at radius 2 is 1.81 bits per heavy atom. The minimum atomic E-state index is -2.98. The van der Waals surface area contributed by atoms with E-state index in [2.05, 4.69) is 15.0 Å². The van der Waals surface area contributed by atoms with Crippen LogP contribution < -0.4 is 15.0 Å². The molecule has 3 rings (SSSR count). The van der Waals surface area contributed by atoms with Crippen LogP contribution in [0, 0.1) is 0 Å². The van der Waals surface area contributed by atoms with Gasteiger partial charge in [-0.2, -0.15) is 8.78 Å². The van der Waals surface area contributed by atoms with Crippen LogP contribution in [0.25, 0.3) is 0 Å². The third kappa shape index (κ3) is 5.69. The molecule has 0 fully saturated rings. The summed E-state index contributed by atoms with van der Waals surface area (Å²) in [6.45, 7) is 2.48. The predicted octanol–water partition coefficient (Wildman–Crippen LogP) is 4.58. The lowest BCUT2D eigenvalue weighted by Gasteiger charge is -2.33. The van der Waals surface area contributed by atoms with Gasteiger partial charge in [-0.1, -0.05) is 6.07 Å². The summed E-state index contributed by atoms with van der Waals surface area (Å²) in [5.74, 6) is -1.10. The van der Waals surface area contributed by atoms with Gasteiger partial charge in [0.15, 0.2) is 5.76 Å². The van der Waals surface area contributed by atoms with Crippen LogP contribution in [0.2, 0.25) is 0 Å². The Labute approximate surface area is 184 Å². The number of benzene rings is 1. The average Bonchev–Trinajstić information content (AvgIpc) is 3.26. The fraction of sp³-hybridized carbons (Fsp3) is 0.261. The molecule has 2 heterocycles. The molecule has 0 saturated heterocycles. The highest BCUT2D eigenvalue weighted by molar-refractivity contribution is 6.08. The number of nitrogens with zero attached hydrogens (tertiary/aromatic N) is 2. The average molecular weight is 443 g/mol. The number of hydrogen-bond donors (Lipinski definition) is 1. The Hall–Kier alpha value is -3.75. The van der Waals surface area contributed by atoms with Gasteiger partial charge in [0.1, 0.15) is 11.8 Å². The SMILES string of the molecule is CC(C)(C)NC(=O)C(c1cccnc1)N(C(=O)c1ccco1)c1ccc(OC(F)F)cc1. The molecule has 3 aromatic rings. The van der Waals surface area contributed by atoms with E-state index < -0.39 is 30.0 Å². The van der Waals surface area contributed by atoms with Gasteiger partial charge in [0.05, 0.1) is 6.26 Å². The molecule has 0 spiro atoms. The standard InChI is InChI=1S/C23H23F2N3O4/c1-23(2,3)27-20(29)19(15-6-4-12-26-14-15)28(21(30)18-7-5-13-31-18)16-8-10-17(11-9-16)32-22(24)25/h4-14,19,22H,1-3H3,(H,27,29). The zero-order chi connectivity index (χ0) is 23.3. The Balaban J connectivity index is 2.11. The molecule has 0 bridgehead atoms. The second-order valence-corrected chi connectivity index (χ2v) is 7.95. The molecule has 9 heteroatoms. The molecule has 0 saturated carbocycles. The van der Waals surface area contributed by atoms with Crippen molar-refractivity contribution >= 4 is 17.5 Å². The number of alkyl halides is 2. The second-order valence-electron chi connectivity index (χ2n) is 7.95. The minimum Gasteiger partial charge on any atom is -0.459 e. The quantitative estimate of drug-likeness (QED) is 0.578. The monoisotopic (exact) mass is 443 g/mol. The van der Waals surface area contributed by atoms with Crippen molar-refractivity contribution in [3.8, 4) is 5.75 Å². The van der Waals surface area contributed by atoms with Crippen LogP contribution in [0.15, 0.2) is 71.6 Å². The topological polar surface area (TPSA) is 84.7 Å². The van der Waals surface area contributed by atoms with E-state index in [-0.39, 0.29) is 17.2 Å². The molecule has 0 aliphatic rings. The first-order valence-electron chi connectivity index (χ1n) is 9.79. The molecule has 1 atom stereocenters. The Bertz CT molecular complexity index is 1030. The van der Waals surface area contributed by atoms with Gasteiger partial charge in [0.25, 0.3) is 5.91 Å². The number of rotatable bonds is 7. The first-order valence-corrected chi connectivity index (χ1v) is 9.79. The first kappa shape index (κ1) is 22.9. The molecule has 2 aromatic heterocycles. The summed E-state index contributed by atoms with van der Waals surface area (Å²) in [4.78, 5) is 32.1. The van der Waals surface area contributed by atoms with Gasteiger partial charge >= 0.3 is 6.61 Å². The minimum absolute atomic E-state index is 0.00959. The Morgan fingerprint density at radius 1 is 1.09 bits per heavy atom. The molecule has 7 nitrogen and oxygen atoms in total. The zero-order valence-electron chi connectivity index (χ0n) is 17.8. The molecular formula is C23H23F2N3O4. The molecule has 1 unspecified atom stereocenters. The van der Waals surface area contributed by atoms with E-state index in [9.17, 15) is 18.4 Å². The number of carbonyl (C=O) groups is 2. The lowest BCUT2D eigenvalue weighted by atomic mass is 10.0. The van der Waals surface area contributed by atoms with Crippen LogP contribution >= 0.6 is 0 Å². The fourth-order valence-electron chi connectivity index (χ4n) is 3.08. The molecule has 0 radical (unpaired) electrons. The van der Waals surface area contributed by atoms with Gasteiger partial charge in [-0.3, -0.25) is 19.5 Å². The van der Waals surface area contributed by atoms with E-state index in [4.69, 9.17) is 4.42 Å². The highest BCUT2D eigenvalue weighted by Gasteiger charge is 2.36. The van der Waals surface area contributed by atoms with Crippen molar-refractivity contribution < 1.29 is 27.5 Å². The molecule has 168 valence electrons. The van der Waals surface area contributed by atoms with Gasteiger partial charge in [-0.05, 0) is 63.2 Å². The van der Waals surface area contributed by atoms with Crippen molar-refractivity contribution in [3.05, 3.63) is 78.5 Å². The number of anilines is 1. The van der Waals surface area contributed by atoms with Gasteiger partial charge in [0, 0.05) is 29.2 Å². The number of amides is 2. The number of furan rings is 1. The normalized spacial score (nSPS) is 12.3. The smallest absolute Gasteiger partial charge is 0.387 e. The zero-order valence-corrected chi connectivity index (χ0v) is 17.8. The maximum Gasteiger partial charge on any atom is 0.387 e. The first-order chi connectivity index (χ1) is 15.2. The number of carbonyl (C=O) groups excluding carboxylic acids is 2. The van der Waals surface area contributed by atoms with Crippen molar-refractivity contribution in [1.29, 1.82) is 0 Å². The summed E-state index contributed by atoms with van der Waals surface area (Å²) in [5.41, 5.74) is 0.166. The summed E-state index contributed by atoms with van der Waals surface area (Å²) in [6.07, 6.45) is 4.39. The van der Waals surface area contributed by atoms with Crippen LogP contribution in [-0.2, 0) is 4.79 Å². The second kappa shape index (κ2) is 9.59. The van der Waals surface area contributed by atoms with Crippen molar-refractivity contribution in [2.75, 3.05) is 4.90 Å². The fourth-order valence-corrected chi connectivity index (χ4v) is 3.08. The molecule has 0 aliphatic heterocycles. The number of nitrogens with one attached hydrogen (secondary N) is 1. The number of ether oxygens (including phenoxy) is 1. The number of halogens is 2. The van der Waals surface area contributed by atoms with E-state index in [0.717, 1.165) is 0 Å². The predicted molar refractivity (Wildman–Crippen MR) is 113 cm³/mol. The van der Waals surface area contributed by atoms with Gasteiger partial charge in [-0.25, -0.2) is 0 Å². The highest BCUT2D eigenvalue weighted by Crippen LogP contribution is 2.31. The number of aromatic nitrogens is 1. The maximum absolute atomic E-state index is 13.4.